The largest absolute Gasteiger partial charge is 0.497 e. The van der Waals surface area contributed by atoms with Crippen molar-refractivity contribution < 1.29 is 9.47 Å². The van der Waals surface area contributed by atoms with Crippen molar-refractivity contribution in [1.29, 1.82) is 0 Å². The van der Waals surface area contributed by atoms with Crippen molar-refractivity contribution in [3.8, 4) is 11.5 Å². The van der Waals surface area contributed by atoms with Gasteiger partial charge in [0.2, 0.25) is 5.95 Å². The predicted molar refractivity (Wildman–Crippen MR) is 64.9 cm³/mol. The number of aromatic nitrogens is 2. The summed E-state index contributed by atoms with van der Waals surface area (Å²) in [5, 5.41) is 3.07. The Bertz CT molecular complexity index is 488. The van der Waals surface area contributed by atoms with Crippen LogP contribution in [-0.4, -0.2) is 24.2 Å². The molecular weight excluding hydrogens is 218 g/mol. The maximum absolute atomic E-state index is 5.24. The highest BCUT2D eigenvalue weighted by atomic mass is 16.5. The van der Waals surface area contributed by atoms with Gasteiger partial charge in [0.05, 0.1) is 19.9 Å². The van der Waals surface area contributed by atoms with E-state index in [9.17, 15) is 0 Å². The molecule has 2 rings (SSSR count). The molecule has 0 spiro atoms. The summed E-state index contributed by atoms with van der Waals surface area (Å²) in [4.78, 5) is 8.17. The molecule has 1 heterocycles. The van der Waals surface area contributed by atoms with Gasteiger partial charge < -0.3 is 14.8 Å². The third-order valence-corrected chi connectivity index (χ3v) is 2.22. The Morgan fingerprint density at radius 1 is 1.06 bits per heavy atom. The quantitative estimate of drug-likeness (QED) is 0.874. The van der Waals surface area contributed by atoms with Crippen molar-refractivity contribution >= 4 is 11.6 Å². The Morgan fingerprint density at radius 3 is 2.47 bits per heavy atom. The zero-order chi connectivity index (χ0) is 12.1. The summed E-state index contributed by atoms with van der Waals surface area (Å²) in [6, 6.07) is 7.24. The fraction of sp³-hybridized carbons (Fsp3) is 0.167. The van der Waals surface area contributed by atoms with Gasteiger partial charge in [0.1, 0.15) is 11.5 Å². The van der Waals surface area contributed by atoms with E-state index in [0.29, 0.717) is 11.7 Å². The Morgan fingerprint density at radius 2 is 1.82 bits per heavy atom. The highest BCUT2D eigenvalue weighted by Gasteiger charge is 2.06. The van der Waals surface area contributed by atoms with E-state index in [2.05, 4.69) is 15.3 Å². The monoisotopic (exact) mass is 231 g/mol. The number of nitrogens with zero attached hydrogens (tertiary/aromatic N) is 2. The van der Waals surface area contributed by atoms with Crippen LogP contribution in [-0.2, 0) is 0 Å². The molecule has 1 aromatic heterocycles. The van der Waals surface area contributed by atoms with Crippen molar-refractivity contribution in [2.45, 2.75) is 0 Å². The number of hydrogen-bond donors (Lipinski definition) is 1. The molecule has 0 aliphatic carbocycles. The van der Waals surface area contributed by atoms with Gasteiger partial charge in [-0.05, 0) is 18.2 Å². The molecule has 0 unspecified atom stereocenters. The second-order valence-corrected chi connectivity index (χ2v) is 3.26. The molecule has 0 aliphatic rings. The number of benzene rings is 1. The van der Waals surface area contributed by atoms with E-state index in [1.807, 2.05) is 18.2 Å². The first-order chi connectivity index (χ1) is 8.33. The summed E-state index contributed by atoms with van der Waals surface area (Å²) in [6.07, 6.45) is 3.34. The number of rotatable bonds is 4. The van der Waals surface area contributed by atoms with Crippen molar-refractivity contribution in [1.82, 2.24) is 9.97 Å². The molecule has 88 valence electrons. The minimum Gasteiger partial charge on any atom is -0.497 e. The number of hydrogen-bond acceptors (Lipinski definition) is 5. The summed E-state index contributed by atoms with van der Waals surface area (Å²) < 4.78 is 10.4. The average molecular weight is 231 g/mol. The summed E-state index contributed by atoms with van der Waals surface area (Å²) in [6.45, 7) is 0. The third-order valence-electron chi connectivity index (χ3n) is 2.22. The van der Waals surface area contributed by atoms with Gasteiger partial charge in [0, 0.05) is 18.5 Å². The lowest BCUT2D eigenvalue weighted by molar-refractivity contribution is 0.405. The first-order valence-corrected chi connectivity index (χ1v) is 5.09. The number of ether oxygens (including phenoxy) is 2. The Kier molecular flexibility index (Phi) is 3.40. The molecule has 0 amide bonds. The van der Waals surface area contributed by atoms with Gasteiger partial charge in [0.15, 0.2) is 0 Å². The van der Waals surface area contributed by atoms with Crippen LogP contribution in [0.1, 0.15) is 0 Å². The van der Waals surface area contributed by atoms with E-state index in [1.165, 1.54) is 0 Å². The summed E-state index contributed by atoms with van der Waals surface area (Å²) in [5.41, 5.74) is 0.762. The number of methoxy groups -OCH3 is 2. The highest BCUT2D eigenvalue weighted by molar-refractivity contribution is 5.64. The van der Waals surface area contributed by atoms with Crippen LogP contribution >= 0.6 is 0 Å². The molecule has 0 radical (unpaired) electrons. The van der Waals surface area contributed by atoms with E-state index in [4.69, 9.17) is 9.47 Å². The lowest BCUT2D eigenvalue weighted by Crippen LogP contribution is -1.98. The van der Waals surface area contributed by atoms with Gasteiger partial charge in [-0.2, -0.15) is 0 Å². The minimum atomic E-state index is 0.513. The molecular formula is C12H13N3O2. The maximum atomic E-state index is 5.24. The molecule has 17 heavy (non-hydrogen) atoms. The van der Waals surface area contributed by atoms with Crippen LogP contribution in [0.4, 0.5) is 11.6 Å². The van der Waals surface area contributed by atoms with E-state index in [0.717, 1.165) is 11.4 Å². The summed E-state index contributed by atoms with van der Waals surface area (Å²) in [5.74, 6) is 1.96. The van der Waals surface area contributed by atoms with Gasteiger partial charge in [0.25, 0.3) is 0 Å². The van der Waals surface area contributed by atoms with Crippen LogP contribution in [0, 0.1) is 0 Å². The van der Waals surface area contributed by atoms with Crippen molar-refractivity contribution in [3.05, 3.63) is 36.7 Å². The van der Waals surface area contributed by atoms with Crippen molar-refractivity contribution in [2.24, 2.45) is 0 Å². The normalized spacial score (nSPS) is 9.76. The number of anilines is 2. The van der Waals surface area contributed by atoms with E-state index in [1.54, 1.807) is 32.7 Å². The minimum absolute atomic E-state index is 0.513. The molecule has 0 atom stereocenters. The van der Waals surface area contributed by atoms with Gasteiger partial charge >= 0.3 is 0 Å². The van der Waals surface area contributed by atoms with Crippen molar-refractivity contribution in [3.63, 3.8) is 0 Å². The maximum Gasteiger partial charge on any atom is 0.227 e. The van der Waals surface area contributed by atoms with Crippen LogP contribution in [0.15, 0.2) is 36.7 Å². The van der Waals surface area contributed by atoms with E-state index < -0.39 is 0 Å². The highest BCUT2D eigenvalue weighted by Crippen LogP contribution is 2.30. The first kappa shape index (κ1) is 11.2. The van der Waals surface area contributed by atoms with Crippen LogP contribution in [0.5, 0.6) is 11.5 Å². The summed E-state index contributed by atoms with van der Waals surface area (Å²) >= 11 is 0. The fourth-order valence-electron chi connectivity index (χ4n) is 1.40. The van der Waals surface area contributed by atoms with Gasteiger partial charge in [-0.3, -0.25) is 0 Å². The second kappa shape index (κ2) is 5.16. The summed E-state index contributed by atoms with van der Waals surface area (Å²) in [7, 11) is 3.23. The molecule has 5 nitrogen and oxygen atoms in total. The van der Waals surface area contributed by atoms with Crippen LogP contribution in [0.2, 0.25) is 0 Å². The molecule has 0 fully saturated rings. The predicted octanol–water partition coefficient (Wildman–Crippen LogP) is 2.24. The van der Waals surface area contributed by atoms with Gasteiger partial charge in [-0.15, -0.1) is 0 Å². The Hall–Kier alpha value is -2.30. The topological polar surface area (TPSA) is 56.3 Å². The lowest BCUT2D eigenvalue weighted by atomic mass is 10.2. The molecule has 0 saturated heterocycles. The van der Waals surface area contributed by atoms with E-state index >= 15 is 0 Å². The van der Waals surface area contributed by atoms with Crippen LogP contribution < -0.4 is 14.8 Å². The Balaban J connectivity index is 2.30. The molecule has 0 saturated carbocycles. The van der Waals surface area contributed by atoms with Crippen molar-refractivity contribution in [2.75, 3.05) is 19.5 Å². The molecule has 0 bridgehead atoms. The molecule has 1 aromatic carbocycles. The second-order valence-electron chi connectivity index (χ2n) is 3.26. The van der Waals surface area contributed by atoms with Crippen LogP contribution in [0.3, 0.4) is 0 Å². The van der Waals surface area contributed by atoms with Gasteiger partial charge in [-0.25, -0.2) is 9.97 Å². The smallest absolute Gasteiger partial charge is 0.227 e. The lowest BCUT2D eigenvalue weighted by Gasteiger charge is -2.11. The van der Waals surface area contributed by atoms with E-state index in [-0.39, 0.29) is 0 Å². The molecule has 5 heteroatoms. The number of nitrogens with one attached hydrogen (secondary N) is 1. The molecule has 1 N–H and O–H groups in total. The zero-order valence-electron chi connectivity index (χ0n) is 9.68. The SMILES string of the molecule is COc1ccc(OC)c(Nc2ncccn2)c1. The Labute approximate surface area is 99.4 Å². The van der Waals surface area contributed by atoms with Crippen LogP contribution in [0.25, 0.3) is 0 Å². The standard InChI is InChI=1S/C12H13N3O2/c1-16-9-4-5-11(17-2)10(8-9)15-12-13-6-3-7-14-12/h3-8H,1-2H3,(H,13,14,15). The third kappa shape index (κ3) is 2.63. The molecule has 2 aromatic rings. The van der Waals surface area contributed by atoms with Gasteiger partial charge in [-0.1, -0.05) is 0 Å². The fourth-order valence-corrected chi connectivity index (χ4v) is 1.40. The first-order valence-electron chi connectivity index (χ1n) is 5.09. The average Bonchev–Trinajstić information content (AvgIpc) is 2.40. The zero-order valence-corrected chi connectivity index (χ0v) is 9.68. The molecule has 0 aliphatic heterocycles.